The van der Waals surface area contributed by atoms with Gasteiger partial charge in [-0.3, -0.25) is 9.59 Å². The van der Waals surface area contributed by atoms with Gasteiger partial charge in [-0.05, 0) is 61.4 Å². The van der Waals surface area contributed by atoms with Crippen molar-refractivity contribution in [3.05, 3.63) is 59.2 Å². The van der Waals surface area contributed by atoms with E-state index in [9.17, 15) is 9.59 Å². The molecule has 1 aliphatic rings. The van der Waals surface area contributed by atoms with E-state index in [1.807, 2.05) is 25.1 Å². The van der Waals surface area contributed by atoms with Gasteiger partial charge in [-0.1, -0.05) is 37.3 Å². The van der Waals surface area contributed by atoms with E-state index in [0.717, 1.165) is 36.2 Å². The quantitative estimate of drug-likeness (QED) is 0.773. The van der Waals surface area contributed by atoms with Crippen LogP contribution in [0.15, 0.2) is 42.5 Å². The van der Waals surface area contributed by atoms with Crippen LogP contribution in [0.5, 0.6) is 0 Å². The Morgan fingerprint density at radius 3 is 2.35 bits per heavy atom. The molecule has 4 heteroatoms. The Kier molecular flexibility index (Phi) is 5.71. The molecule has 1 fully saturated rings. The van der Waals surface area contributed by atoms with Crippen molar-refractivity contribution in [3.8, 4) is 0 Å². The van der Waals surface area contributed by atoms with Crippen molar-refractivity contribution >= 4 is 23.2 Å². The van der Waals surface area contributed by atoms with Crippen LogP contribution in [0.4, 0.5) is 11.4 Å². The van der Waals surface area contributed by atoms with Gasteiger partial charge in [0.2, 0.25) is 11.8 Å². The van der Waals surface area contributed by atoms with Gasteiger partial charge in [0.25, 0.3) is 0 Å². The summed E-state index contributed by atoms with van der Waals surface area (Å²) in [5.41, 5.74) is 4.94. The highest BCUT2D eigenvalue weighted by Crippen LogP contribution is 2.30. The van der Waals surface area contributed by atoms with Gasteiger partial charge in [-0.25, -0.2) is 0 Å². The van der Waals surface area contributed by atoms with Crippen LogP contribution in [0.25, 0.3) is 0 Å². The van der Waals surface area contributed by atoms with Crippen LogP contribution in [-0.4, -0.2) is 11.8 Å². The smallest absolute Gasteiger partial charge is 0.227 e. The molecule has 136 valence electrons. The molecule has 2 aromatic rings. The highest BCUT2D eigenvalue weighted by atomic mass is 16.2. The summed E-state index contributed by atoms with van der Waals surface area (Å²) in [6.45, 7) is 4.08. The zero-order valence-corrected chi connectivity index (χ0v) is 15.5. The standard InChI is InChI=1S/C22H26N2O2/c1-3-16-5-7-17(8-6-16)9-13-21(25)24-20-14-19(12-4-15(20)2)23-22(26)18-10-11-18/h4-8,12,14,18H,3,9-11,13H2,1-2H3,(H,23,26)(H,24,25). The zero-order valence-electron chi connectivity index (χ0n) is 15.5. The lowest BCUT2D eigenvalue weighted by Crippen LogP contribution is -2.15. The Balaban J connectivity index is 1.56. The molecule has 0 saturated heterocycles. The summed E-state index contributed by atoms with van der Waals surface area (Å²) < 4.78 is 0. The molecule has 0 radical (unpaired) electrons. The first kappa shape index (κ1) is 18.2. The Morgan fingerprint density at radius 1 is 1.00 bits per heavy atom. The van der Waals surface area contributed by atoms with E-state index in [-0.39, 0.29) is 17.7 Å². The van der Waals surface area contributed by atoms with E-state index in [2.05, 4.69) is 41.8 Å². The number of benzene rings is 2. The molecule has 0 spiro atoms. The van der Waals surface area contributed by atoms with Crippen molar-refractivity contribution in [1.82, 2.24) is 0 Å². The first-order chi connectivity index (χ1) is 12.5. The largest absolute Gasteiger partial charge is 0.326 e. The maximum atomic E-state index is 12.3. The molecular weight excluding hydrogens is 324 g/mol. The molecule has 0 aliphatic heterocycles. The fourth-order valence-electron chi connectivity index (χ4n) is 2.84. The van der Waals surface area contributed by atoms with Crippen LogP contribution < -0.4 is 10.6 Å². The van der Waals surface area contributed by atoms with E-state index in [4.69, 9.17) is 0 Å². The molecular formula is C22H26N2O2. The van der Waals surface area contributed by atoms with E-state index < -0.39 is 0 Å². The fraction of sp³-hybridized carbons (Fsp3) is 0.364. The number of carbonyl (C=O) groups excluding carboxylic acids is 2. The molecule has 3 rings (SSSR count). The van der Waals surface area contributed by atoms with Crippen LogP contribution in [0, 0.1) is 12.8 Å². The summed E-state index contributed by atoms with van der Waals surface area (Å²) in [6.07, 6.45) is 4.12. The van der Waals surface area contributed by atoms with E-state index >= 15 is 0 Å². The predicted molar refractivity (Wildman–Crippen MR) is 105 cm³/mol. The minimum atomic E-state index is -0.0154. The summed E-state index contributed by atoms with van der Waals surface area (Å²) >= 11 is 0. The molecule has 2 N–H and O–H groups in total. The number of rotatable bonds is 7. The van der Waals surface area contributed by atoms with Crippen molar-refractivity contribution in [2.75, 3.05) is 10.6 Å². The van der Waals surface area contributed by atoms with Crippen LogP contribution in [0.1, 0.15) is 42.9 Å². The third kappa shape index (κ3) is 4.94. The molecule has 0 aromatic heterocycles. The molecule has 1 saturated carbocycles. The minimum Gasteiger partial charge on any atom is -0.326 e. The highest BCUT2D eigenvalue weighted by Gasteiger charge is 2.29. The van der Waals surface area contributed by atoms with Crippen LogP contribution in [0.3, 0.4) is 0 Å². The molecule has 2 amide bonds. The summed E-state index contributed by atoms with van der Waals surface area (Å²) in [4.78, 5) is 24.2. The lowest BCUT2D eigenvalue weighted by atomic mass is 10.1. The summed E-state index contributed by atoms with van der Waals surface area (Å²) in [6, 6.07) is 14.0. The first-order valence-electron chi connectivity index (χ1n) is 9.34. The SMILES string of the molecule is CCc1ccc(CCC(=O)Nc2cc(NC(=O)C3CC3)ccc2C)cc1. The van der Waals surface area contributed by atoms with Gasteiger partial charge in [-0.15, -0.1) is 0 Å². The third-order valence-electron chi connectivity index (χ3n) is 4.80. The van der Waals surface area contributed by atoms with Gasteiger partial charge in [0.05, 0.1) is 0 Å². The van der Waals surface area contributed by atoms with Gasteiger partial charge >= 0.3 is 0 Å². The second kappa shape index (κ2) is 8.17. The number of anilines is 2. The van der Waals surface area contributed by atoms with E-state index in [0.29, 0.717) is 12.8 Å². The summed E-state index contributed by atoms with van der Waals surface area (Å²) in [7, 11) is 0. The normalized spacial score (nSPS) is 13.3. The first-order valence-corrected chi connectivity index (χ1v) is 9.34. The number of carbonyl (C=O) groups is 2. The third-order valence-corrected chi connectivity index (χ3v) is 4.80. The van der Waals surface area contributed by atoms with E-state index in [1.54, 1.807) is 0 Å². The number of hydrogen-bond acceptors (Lipinski definition) is 2. The van der Waals surface area contributed by atoms with Crippen molar-refractivity contribution in [3.63, 3.8) is 0 Å². The molecule has 0 atom stereocenters. The molecule has 2 aromatic carbocycles. The molecule has 4 nitrogen and oxygen atoms in total. The lowest BCUT2D eigenvalue weighted by molar-refractivity contribution is -0.117. The second-order valence-corrected chi connectivity index (χ2v) is 7.01. The van der Waals surface area contributed by atoms with Gasteiger partial charge < -0.3 is 10.6 Å². The molecule has 0 bridgehead atoms. The fourth-order valence-corrected chi connectivity index (χ4v) is 2.84. The maximum absolute atomic E-state index is 12.3. The van der Waals surface area contributed by atoms with Crippen molar-refractivity contribution in [1.29, 1.82) is 0 Å². The zero-order chi connectivity index (χ0) is 18.5. The number of aryl methyl sites for hydroxylation is 3. The molecule has 1 aliphatic carbocycles. The van der Waals surface area contributed by atoms with Crippen molar-refractivity contribution in [2.24, 2.45) is 5.92 Å². The Morgan fingerprint density at radius 2 is 1.69 bits per heavy atom. The van der Waals surface area contributed by atoms with Crippen LogP contribution >= 0.6 is 0 Å². The molecule has 0 unspecified atom stereocenters. The topological polar surface area (TPSA) is 58.2 Å². The second-order valence-electron chi connectivity index (χ2n) is 7.01. The summed E-state index contributed by atoms with van der Waals surface area (Å²) in [5.74, 6) is 0.216. The van der Waals surface area contributed by atoms with Gasteiger partial charge in [0.1, 0.15) is 0 Å². The average Bonchev–Trinajstić information content (AvgIpc) is 3.48. The predicted octanol–water partition coefficient (Wildman–Crippen LogP) is 4.48. The number of nitrogens with one attached hydrogen (secondary N) is 2. The Labute approximate surface area is 155 Å². The summed E-state index contributed by atoms with van der Waals surface area (Å²) in [5, 5.41) is 5.89. The molecule has 0 heterocycles. The Bertz CT molecular complexity index is 792. The monoisotopic (exact) mass is 350 g/mol. The lowest BCUT2D eigenvalue weighted by Gasteiger charge is -2.12. The van der Waals surface area contributed by atoms with Gasteiger partial charge in [0, 0.05) is 23.7 Å². The average molecular weight is 350 g/mol. The molecule has 26 heavy (non-hydrogen) atoms. The van der Waals surface area contributed by atoms with Gasteiger partial charge in [0.15, 0.2) is 0 Å². The van der Waals surface area contributed by atoms with Crippen LogP contribution in [0.2, 0.25) is 0 Å². The minimum absolute atomic E-state index is 0.0154. The maximum Gasteiger partial charge on any atom is 0.227 e. The van der Waals surface area contributed by atoms with Gasteiger partial charge in [-0.2, -0.15) is 0 Å². The van der Waals surface area contributed by atoms with Crippen LogP contribution in [-0.2, 0) is 22.4 Å². The van der Waals surface area contributed by atoms with Crippen molar-refractivity contribution in [2.45, 2.75) is 46.0 Å². The highest BCUT2D eigenvalue weighted by molar-refractivity contribution is 5.96. The Hall–Kier alpha value is -2.62. The number of hydrogen-bond donors (Lipinski definition) is 2. The van der Waals surface area contributed by atoms with E-state index in [1.165, 1.54) is 11.1 Å². The number of amides is 2. The van der Waals surface area contributed by atoms with Crippen molar-refractivity contribution < 1.29 is 9.59 Å².